The largest absolute Gasteiger partial charge is 0.362 e. The molecule has 0 saturated carbocycles. The lowest BCUT2D eigenvalue weighted by atomic mass is 10.1. The van der Waals surface area contributed by atoms with Crippen molar-refractivity contribution in [3.05, 3.63) is 71.8 Å². The smallest absolute Gasteiger partial charge is 0.190 e. The van der Waals surface area contributed by atoms with Crippen LogP contribution < -0.4 is 0 Å². The Kier molecular flexibility index (Phi) is 3.57. The van der Waals surface area contributed by atoms with Crippen molar-refractivity contribution in [2.24, 2.45) is 0 Å². The molecule has 0 atom stereocenters. The molecule has 0 heterocycles. The van der Waals surface area contributed by atoms with E-state index in [2.05, 4.69) is 0 Å². The minimum Gasteiger partial charge on any atom is -0.362 e. The summed E-state index contributed by atoms with van der Waals surface area (Å²) in [5, 5.41) is 18.8. The molecule has 2 N–H and O–H groups in total. The first-order valence-corrected chi connectivity index (χ1v) is 5.73. The quantitative estimate of drug-likeness (QED) is 0.680. The van der Waals surface area contributed by atoms with Crippen LogP contribution in [0.3, 0.4) is 0 Å². The van der Waals surface area contributed by atoms with Gasteiger partial charge in [0.05, 0.1) is 0 Å². The number of hydrogen-bond acceptors (Lipinski definition) is 2. The summed E-state index contributed by atoms with van der Waals surface area (Å²) in [4.78, 5) is 0. The molecule has 2 aromatic rings. The minimum atomic E-state index is -1.57. The Hall–Kier alpha value is -1.64. The molecular weight excluding hydrogens is 212 g/mol. The van der Waals surface area contributed by atoms with E-state index in [-0.39, 0.29) is 0 Å². The minimum absolute atomic E-state index is 0.423. The third kappa shape index (κ3) is 2.93. The van der Waals surface area contributed by atoms with E-state index < -0.39 is 5.79 Å². The van der Waals surface area contributed by atoms with Gasteiger partial charge in [0.25, 0.3) is 0 Å². The average molecular weight is 228 g/mol. The second kappa shape index (κ2) is 5.13. The molecule has 1 aliphatic rings. The van der Waals surface area contributed by atoms with Crippen LogP contribution in [0.4, 0.5) is 0 Å². The summed E-state index contributed by atoms with van der Waals surface area (Å²) in [6.07, 6.45) is 1.19. The molecule has 0 unspecified atom stereocenters. The molecule has 2 nitrogen and oxygen atoms in total. The molecule has 17 heavy (non-hydrogen) atoms. The van der Waals surface area contributed by atoms with Gasteiger partial charge in [0.15, 0.2) is 5.79 Å². The Morgan fingerprint density at radius 1 is 0.765 bits per heavy atom. The molecule has 0 aromatic heterocycles. The molecular formula is C15H16O2. The maximum absolute atomic E-state index is 9.40. The highest BCUT2D eigenvalue weighted by atomic mass is 16.5. The van der Waals surface area contributed by atoms with Crippen LogP contribution in [-0.2, 0) is 12.2 Å². The standard InChI is InChI=1S/C9H10O2.C6H6/c10-9(11)6-5-7-3-1-2-4-8(7)9;1-2-4-6-5-3-1/h1-4,10-11H,5-6H2;1-6H. The second-order valence-electron chi connectivity index (χ2n) is 4.13. The van der Waals surface area contributed by atoms with Gasteiger partial charge in [-0.15, -0.1) is 0 Å². The van der Waals surface area contributed by atoms with Gasteiger partial charge in [-0.2, -0.15) is 0 Å². The van der Waals surface area contributed by atoms with Crippen molar-refractivity contribution >= 4 is 0 Å². The predicted octanol–water partition coefficient (Wildman–Crippen LogP) is 2.46. The highest BCUT2D eigenvalue weighted by Gasteiger charge is 2.33. The van der Waals surface area contributed by atoms with Crippen molar-refractivity contribution < 1.29 is 10.2 Å². The first-order chi connectivity index (χ1) is 8.20. The first-order valence-electron chi connectivity index (χ1n) is 5.73. The summed E-state index contributed by atoms with van der Waals surface area (Å²) in [5.41, 5.74) is 1.72. The Morgan fingerprint density at radius 2 is 1.29 bits per heavy atom. The molecule has 0 saturated heterocycles. The number of hydrogen-bond donors (Lipinski definition) is 2. The summed E-state index contributed by atoms with van der Waals surface area (Å²) in [6.45, 7) is 0. The van der Waals surface area contributed by atoms with Crippen molar-refractivity contribution in [3.63, 3.8) is 0 Å². The zero-order valence-electron chi connectivity index (χ0n) is 9.58. The van der Waals surface area contributed by atoms with Gasteiger partial charge < -0.3 is 10.2 Å². The molecule has 2 aromatic carbocycles. The fourth-order valence-corrected chi connectivity index (χ4v) is 1.96. The Morgan fingerprint density at radius 3 is 1.82 bits per heavy atom. The second-order valence-corrected chi connectivity index (χ2v) is 4.13. The maximum Gasteiger partial charge on any atom is 0.190 e. The summed E-state index contributed by atoms with van der Waals surface area (Å²) < 4.78 is 0. The van der Waals surface area contributed by atoms with Crippen LogP contribution in [0, 0.1) is 0 Å². The predicted molar refractivity (Wildman–Crippen MR) is 67.3 cm³/mol. The zero-order valence-corrected chi connectivity index (χ0v) is 9.58. The summed E-state index contributed by atoms with van der Waals surface area (Å²) >= 11 is 0. The Balaban J connectivity index is 0.000000153. The third-order valence-electron chi connectivity index (χ3n) is 2.86. The van der Waals surface area contributed by atoms with E-state index in [1.54, 1.807) is 6.07 Å². The zero-order chi connectivity index (χ0) is 12.1. The molecule has 3 rings (SSSR count). The van der Waals surface area contributed by atoms with E-state index in [1.165, 1.54) is 0 Å². The highest BCUT2D eigenvalue weighted by molar-refractivity contribution is 5.34. The van der Waals surface area contributed by atoms with Gasteiger partial charge in [0, 0.05) is 12.0 Å². The molecule has 2 heteroatoms. The Bertz CT molecular complexity index is 437. The van der Waals surface area contributed by atoms with E-state index in [1.807, 2.05) is 54.6 Å². The van der Waals surface area contributed by atoms with E-state index >= 15 is 0 Å². The van der Waals surface area contributed by atoms with Gasteiger partial charge in [-0.3, -0.25) is 0 Å². The van der Waals surface area contributed by atoms with Crippen LogP contribution in [-0.4, -0.2) is 10.2 Å². The fraction of sp³-hybridized carbons (Fsp3) is 0.200. The van der Waals surface area contributed by atoms with Crippen LogP contribution in [0.25, 0.3) is 0 Å². The monoisotopic (exact) mass is 228 g/mol. The molecule has 0 aliphatic heterocycles. The third-order valence-corrected chi connectivity index (χ3v) is 2.86. The van der Waals surface area contributed by atoms with E-state index in [4.69, 9.17) is 0 Å². The molecule has 0 fully saturated rings. The lowest BCUT2D eigenvalue weighted by molar-refractivity contribution is -0.166. The first kappa shape index (κ1) is 11.8. The lowest BCUT2D eigenvalue weighted by Gasteiger charge is -2.15. The van der Waals surface area contributed by atoms with Crippen LogP contribution in [0.15, 0.2) is 60.7 Å². The Labute approximate surface area is 101 Å². The average Bonchev–Trinajstić information content (AvgIpc) is 2.69. The maximum atomic E-state index is 9.40. The van der Waals surface area contributed by atoms with E-state index in [0.717, 1.165) is 12.0 Å². The van der Waals surface area contributed by atoms with Crippen LogP contribution in [0.2, 0.25) is 0 Å². The molecule has 0 bridgehead atoms. The highest BCUT2D eigenvalue weighted by Crippen LogP contribution is 2.33. The summed E-state index contributed by atoms with van der Waals surface area (Å²) in [5.74, 6) is -1.57. The molecule has 0 spiro atoms. The molecule has 1 aliphatic carbocycles. The normalized spacial score (nSPS) is 15.6. The molecule has 88 valence electrons. The number of benzene rings is 2. The van der Waals surface area contributed by atoms with Gasteiger partial charge in [0.2, 0.25) is 0 Å². The summed E-state index contributed by atoms with van der Waals surface area (Å²) in [7, 11) is 0. The summed E-state index contributed by atoms with van der Waals surface area (Å²) in [6, 6.07) is 19.4. The SMILES string of the molecule is OC1(O)CCc2ccccc21.c1ccccc1. The molecule has 0 radical (unpaired) electrons. The van der Waals surface area contributed by atoms with E-state index in [9.17, 15) is 10.2 Å². The lowest BCUT2D eigenvalue weighted by Crippen LogP contribution is -2.20. The van der Waals surface area contributed by atoms with Crippen LogP contribution in [0.1, 0.15) is 17.5 Å². The van der Waals surface area contributed by atoms with Crippen molar-refractivity contribution in [2.45, 2.75) is 18.6 Å². The van der Waals surface area contributed by atoms with Crippen molar-refractivity contribution in [1.29, 1.82) is 0 Å². The fourth-order valence-electron chi connectivity index (χ4n) is 1.96. The van der Waals surface area contributed by atoms with Crippen LogP contribution >= 0.6 is 0 Å². The van der Waals surface area contributed by atoms with Crippen molar-refractivity contribution in [3.8, 4) is 0 Å². The van der Waals surface area contributed by atoms with Gasteiger partial charge in [-0.1, -0.05) is 60.7 Å². The van der Waals surface area contributed by atoms with E-state index in [0.29, 0.717) is 12.0 Å². The van der Waals surface area contributed by atoms with Crippen molar-refractivity contribution in [2.75, 3.05) is 0 Å². The van der Waals surface area contributed by atoms with Gasteiger partial charge >= 0.3 is 0 Å². The van der Waals surface area contributed by atoms with Gasteiger partial charge in [-0.25, -0.2) is 0 Å². The topological polar surface area (TPSA) is 40.5 Å². The van der Waals surface area contributed by atoms with Crippen molar-refractivity contribution in [1.82, 2.24) is 0 Å². The van der Waals surface area contributed by atoms with Crippen LogP contribution in [0.5, 0.6) is 0 Å². The number of rotatable bonds is 0. The molecule has 0 amide bonds. The number of aryl methyl sites for hydroxylation is 1. The number of aliphatic hydroxyl groups is 2. The van der Waals surface area contributed by atoms with Gasteiger partial charge in [0.1, 0.15) is 0 Å². The number of fused-ring (bicyclic) bond motifs is 1. The van der Waals surface area contributed by atoms with Gasteiger partial charge in [-0.05, 0) is 12.0 Å².